The number of nitrogens with zero attached hydrogens (tertiary/aromatic N) is 1. The van der Waals surface area contributed by atoms with Crippen LogP contribution in [-0.2, 0) is 14.4 Å². The molecule has 1 saturated heterocycles. The Hall–Kier alpha value is -2.83. The number of carbonyl (C=O) groups is 4. The number of halogens is 1. The lowest BCUT2D eigenvalue weighted by atomic mass is 9.85. The average Bonchev–Trinajstić information content (AvgIpc) is 2.80. The molecule has 6 nitrogen and oxygen atoms in total. The van der Waals surface area contributed by atoms with Gasteiger partial charge in [0.05, 0.1) is 23.9 Å². The number of Topliss-reactive ketones (excluding diaryl/α,β-unsaturated/α-hetero) is 1. The Bertz CT molecular complexity index is 776. The summed E-state index contributed by atoms with van der Waals surface area (Å²) >= 11 is 0. The third-order valence-electron chi connectivity index (χ3n) is 4.49. The highest BCUT2D eigenvalue weighted by Gasteiger charge is 2.47. The van der Waals surface area contributed by atoms with Crippen LogP contribution in [0.5, 0.6) is 0 Å². The number of amides is 3. The highest BCUT2D eigenvalue weighted by molar-refractivity contribution is 6.10. The summed E-state index contributed by atoms with van der Waals surface area (Å²) < 4.78 is 14.1. The summed E-state index contributed by atoms with van der Waals surface area (Å²) in [6.07, 6.45) is 4.69. The van der Waals surface area contributed by atoms with Gasteiger partial charge in [-0.25, -0.2) is 4.39 Å². The molecule has 2 atom stereocenters. The van der Waals surface area contributed by atoms with Crippen LogP contribution in [-0.4, -0.2) is 34.9 Å². The van der Waals surface area contributed by atoms with Crippen LogP contribution in [0.4, 0.5) is 10.1 Å². The van der Waals surface area contributed by atoms with Crippen LogP contribution >= 0.6 is 0 Å². The number of fused-ring (bicyclic) bond motifs is 1. The second-order valence-electron chi connectivity index (χ2n) is 6.22. The minimum Gasteiger partial charge on any atom is -0.326 e. The first-order chi connectivity index (χ1) is 11.9. The Morgan fingerprint density at radius 2 is 1.76 bits per heavy atom. The van der Waals surface area contributed by atoms with Crippen molar-refractivity contribution in [1.29, 1.82) is 0 Å². The van der Waals surface area contributed by atoms with E-state index in [2.05, 4.69) is 5.32 Å². The van der Waals surface area contributed by atoms with E-state index in [1.165, 1.54) is 19.1 Å². The van der Waals surface area contributed by atoms with Crippen molar-refractivity contribution in [3.8, 4) is 0 Å². The summed E-state index contributed by atoms with van der Waals surface area (Å²) in [5, 5.41) is 2.42. The Morgan fingerprint density at radius 3 is 2.28 bits per heavy atom. The van der Waals surface area contributed by atoms with E-state index in [4.69, 9.17) is 0 Å². The number of benzene rings is 1. The summed E-state index contributed by atoms with van der Waals surface area (Å²) in [6.45, 7) is 0.816. The summed E-state index contributed by atoms with van der Waals surface area (Å²) in [5.74, 6) is -3.40. The third kappa shape index (κ3) is 3.22. The number of allylic oxidation sites excluding steroid dienone is 2. The second-order valence-corrected chi connectivity index (χ2v) is 6.22. The number of nitrogens with one attached hydrogen (secondary N) is 1. The molecule has 1 heterocycles. The molecule has 25 heavy (non-hydrogen) atoms. The topological polar surface area (TPSA) is 83.6 Å². The lowest BCUT2D eigenvalue weighted by Crippen LogP contribution is -2.36. The fourth-order valence-corrected chi connectivity index (χ4v) is 3.28. The molecule has 1 aromatic carbocycles. The molecule has 0 saturated carbocycles. The standard InChI is InChI=1S/C18H17FN2O4/c1-10(22)20-11-6-7-14(15(19)8-11)16(23)9-21-17(24)12-4-2-3-5-13(12)18(21)25/h2-3,6-8,12-13H,4-5,9H2,1H3,(H,20,22)/t12-,13-/m0/s1. The molecular formula is C18H17FN2O4. The van der Waals surface area contributed by atoms with Crippen LogP contribution in [0.3, 0.4) is 0 Å². The molecule has 1 fully saturated rings. The Balaban J connectivity index is 1.75. The molecule has 0 bridgehead atoms. The van der Waals surface area contributed by atoms with Crippen LogP contribution < -0.4 is 5.32 Å². The molecule has 0 radical (unpaired) electrons. The summed E-state index contributed by atoms with van der Waals surface area (Å²) in [7, 11) is 0. The minimum atomic E-state index is -0.811. The van der Waals surface area contributed by atoms with Gasteiger partial charge >= 0.3 is 0 Å². The molecule has 1 aliphatic heterocycles. The lowest BCUT2D eigenvalue weighted by Gasteiger charge is -2.14. The van der Waals surface area contributed by atoms with E-state index in [-0.39, 0.29) is 29.0 Å². The first-order valence-corrected chi connectivity index (χ1v) is 7.99. The monoisotopic (exact) mass is 344 g/mol. The van der Waals surface area contributed by atoms with Crippen LogP contribution in [0.15, 0.2) is 30.4 Å². The van der Waals surface area contributed by atoms with Gasteiger partial charge in [0.1, 0.15) is 5.82 Å². The highest BCUT2D eigenvalue weighted by atomic mass is 19.1. The first-order valence-electron chi connectivity index (χ1n) is 7.99. The largest absolute Gasteiger partial charge is 0.326 e. The Labute approximate surface area is 143 Å². The van der Waals surface area contributed by atoms with Crippen molar-refractivity contribution in [2.75, 3.05) is 11.9 Å². The van der Waals surface area contributed by atoms with Gasteiger partial charge in [-0.2, -0.15) is 0 Å². The van der Waals surface area contributed by atoms with Crippen LogP contribution in [0, 0.1) is 17.7 Å². The molecular weight excluding hydrogens is 327 g/mol. The second kappa shape index (κ2) is 6.58. The van der Waals surface area contributed by atoms with Gasteiger partial charge in [0.25, 0.3) is 0 Å². The van der Waals surface area contributed by atoms with E-state index in [1.54, 1.807) is 0 Å². The van der Waals surface area contributed by atoms with E-state index >= 15 is 0 Å². The van der Waals surface area contributed by atoms with Crippen molar-refractivity contribution in [3.63, 3.8) is 0 Å². The smallest absolute Gasteiger partial charge is 0.233 e. The zero-order chi connectivity index (χ0) is 18.1. The quantitative estimate of drug-likeness (QED) is 0.514. The molecule has 1 aliphatic carbocycles. The van der Waals surface area contributed by atoms with Gasteiger partial charge < -0.3 is 5.32 Å². The average molecular weight is 344 g/mol. The van der Waals surface area contributed by atoms with Gasteiger partial charge in [-0.1, -0.05) is 12.2 Å². The van der Waals surface area contributed by atoms with Gasteiger partial charge in [0.2, 0.25) is 17.7 Å². The van der Waals surface area contributed by atoms with Gasteiger partial charge in [-0.05, 0) is 31.0 Å². The Kier molecular flexibility index (Phi) is 4.48. The molecule has 2 aliphatic rings. The fourth-order valence-electron chi connectivity index (χ4n) is 3.28. The van der Waals surface area contributed by atoms with Crippen molar-refractivity contribution >= 4 is 29.2 Å². The van der Waals surface area contributed by atoms with Crippen molar-refractivity contribution in [2.24, 2.45) is 11.8 Å². The number of hydrogen-bond donors (Lipinski definition) is 1. The maximum atomic E-state index is 14.1. The molecule has 0 aromatic heterocycles. The van der Waals surface area contributed by atoms with Crippen LogP contribution in [0.1, 0.15) is 30.1 Å². The van der Waals surface area contributed by atoms with Gasteiger partial charge in [0.15, 0.2) is 5.78 Å². The number of hydrogen-bond acceptors (Lipinski definition) is 4. The zero-order valence-electron chi connectivity index (χ0n) is 13.6. The Morgan fingerprint density at radius 1 is 1.16 bits per heavy atom. The number of carbonyl (C=O) groups excluding carboxylic acids is 4. The molecule has 0 unspecified atom stereocenters. The number of anilines is 1. The molecule has 0 spiro atoms. The van der Waals surface area contributed by atoms with Crippen LogP contribution in [0.2, 0.25) is 0 Å². The molecule has 3 amide bonds. The number of rotatable bonds is 4. The predicted octanol–water partition coefficient (Wildman–Crippen LogP) is 1.92. The molecule has 130 valence electrons. The maximum absolute atomic E-state index is 14.1. The lowest BCUT2D eigenvalue weighted by molar-refractivity contribution is -0.139. The maximum Gasteiger partial charge on any atom is 0.233 e. The number of likely N-dealkylation sites (tertiary alicyclic amines) is 1. The van der Waals surface area contributed by atoms with E-state index in [0.717, 1.165) is 11.0 Å². The highest BCUT2D eigenvalue weighted by Crippen LogP contribution is 2.35. The van der Waals surface area contributed by atoms with Gasteiger partial charge in [-0.15, -0.1) is 0 Å². The number of ketones is 1. The van der Waals surface area contributed by atoms with Crippen LogP contribution in [0.25, 0.3) is 0 Å². The fraction of sp³-hybridized carbons (Fsp3) is 0.333. The van der Waals surface area contributed by atoms with E-state index in [0.29, 0.717) is 12.8 Å². The SMILES string of the molecule is CC(=O)Nc1ccc(C(=O)CN2C(=O)[C@H]3CC=CC[C@@H]3C2=O)c(F)c1. The summed E-state index contributed by atoms with van der Waals surface area (Å²) in [5.41, 5.74) is 0.00895. The van der Waals surface area contributed by atoms with Crippen molar-refractivity contribution < 1.29 is 23.6 Å². The van der Waals surface area contributed by atoms with E-state index in [9.17, 15) is 23.6 Å². The summed E-state index contributed by atoms with van der Waals surface area (Å²) in [6, 6.07) is 3.67. The molecule has 7 heteroatoms. The van der Waals surface area contributed by atoms with Crippen molar-refractivity contribution in [2.45, 2.75) is 19.8 Å². The van der Waals surface area contributed by atoms with Gasteiger partial charge in [0, 0.05) is 12.6 Å². The minimum absolute atomic E-state index is 0.220. The molecule has 3 rings (SSSR count). The molecule has 1 aromatic rings. The third-order valence-corrected chi connectivity index (χ3v) is 4.49. The van der Waals surface area contributed by atoms with E-state index in [1.807, 2.05) is 12.2 Å². The first kappa shape index (κ1) is 17.0. The van der Waals surface area contributed by atoms with Crippen molar-refractivity contribution in [1.82, 2.24) is 4.90 Å². The summed E-state index contributed by atoms with van der Waals surface area (Å²) in [4.78, 5) is 49.0. The number of imide groups is 1. The van der Waals surface area contributed by atoms with Gasteiger partial charge in [-0.3, -0.25) is 24.1 Å². The molecule has 1 N–H and O–H groups in total. The normalized spacial score (nSPS) is 22.1. The van der Waals surface area contributed by atoms with Crippen molar-refractivity contribution in [3.05, 3.63) is 41.7 Å². The van der Waals surface area contributed by atoms with E-state index < -0.39 is 30.0 Å². The zero-order valence-corrected chi connectivity index (χ0v) is 13.6. The predicted molar refractivity (Wildman–Crippen MR) is 87.1 cm³/mol.